The maximum Gasteiger partial charge on any atom is 0.142 e. The summed E-state index contributed by atoms with van der Waals surface area (Å²) in [6.07, 6.45) is 1.51. The van der Waals surface area contributed by atoms with E-state index in [-0.39, 0.29) is 11.7 Å². The summed E-state index contributed by atoms with van der Waals surface area (Å²) in [6, 6.07) is 8.94. The SMILES string of the molecule is OC1CC(c2ccccc2Cl)c2c1nc1cc(F)c(Br)cn21. The van der Waals surface area contributed by atoms with Crippen molar-refractivity contribution in [3.05, 3.63) is 68.8 Å². The molecule has 0 spiro atoms. The van der Waals surface area contributed by atoms with Crippen molar-refractivity contribution in [3.8, 4) is 0 Å². The number of imidazole rings is 1. The fourth-order valence-electron chi connectivity index (χ4n) is 3.15. The first-order valence-corrected chi connectivity index (χ1v) is 8.02. The van der Waals surface area contributed by atoms with Crippen molar-refractivity contribution in [2.24, 2.45) is 0 Å². The zero-order valence-electron chi connectivity index (χ0n) is 11.3. The summed E-state index contributed by atoms with van der Waals surface area (Å²) in [5.74, 6) is -0.439. The van der Waals surface area contributed by atoms with E-state index in [0.717, 1.165) is 11.3 Å². The van der Waals surface area contributed by atoms with E-state index in [9.17, 15) is 9.50 Å². The topological polar surface area (TPSA) is 37.5 Å². The van der Waals surface area contributed by atoms with Gasteiger partial charge in [0.1, 0.15) is 11.5 Å². The van der Waals surface area contributed by atoms with Crippen LogP contribution in [0, 0.1) is 5.82 Å². The highest BCUT2D eigenvalue weighted by atomic mass is 79.9. The summed E-state index contributed by atoms with van der Waals surface area (Å²) in [5, 5.41) is 11.0. The van der Waals surface area contributed by atoms with E-state index < -0.39 is 6.10 Å². The molecule has 0 bridgehead atoms. The summed E-state index contributed by atoms with van der Waals surface area (Å²) in [4.78, 5) is 4.39. The molecule has 0 saturated heterocycles. The second-order valence-electron chi connectivity index (χ2n) is 5.41. The molecule has 1 N–H and O–H groups in total. The fourth-order valence-corrected chi connectivity index (χ4v) is 3.73. The van der Waals surface area contributed by atoms with Crippen LogP contribution >= 0.6 is 27.5 Å². The van der Waals surface area contributed by atoms with Crippen LogP contribution in [0.2, 0.25) is 5.02 Å². The third-order valence-corrected chi connectivity index (χ3v) is 5.04. The van der Waals surface area contributed by atoms with Gasteiger partial charge in [-0.15, -0.1) is 0 Å². The predicted octanol–water partition coefficient (Wildman–Crippen LogP) is 4.46. The van der Waals surface area contributed by atoms with Gasteiger partial charge in [0, 0.05) is 23.2 Å². The quantitative estimate of drug-likeness (QED) is 0.676. The van der Waals surface area contributed by atoms with Gasteiger partial charge in [-0.3, -0.25) is 0 Å². The van der Waals surface area contributed by atoms with Crippen LogP contribution < -0.4 is 0 Å². The number of rotatable bonds is 1. The van der Waals surface area contributed by atoms with Crippen molar-refractivity contribution < 1.29 is 9.50 Å². The highest BCUT2D eigenvalue weighted by Gasteiger charge is 2.36. The number of hydrogen-bond donors (Lipinski definition) is 1. The van der Waals surface area contributed by atoms with Crippen LogP contribution in [0.1, 0.15) is 35.4 Å². The lowest BCUT2D eigenvalue weighted by Gasteiger charge is -2.14. The summed E-state index contributed by atoms with van der Waals surface area (Å²) in [6.45, 7) is 0. The van der Waals surface area contributed by atoms with E-state index in [1.165, 1.54) is 6.07 Å². The van der Waals surface area contributed by atoms with Crippen molar-refractivity contribution in [1.82, 2.24) is 9.38 Å². The van der Waals surface area contributed by atoms with Crippen LogP contribution in [-0.4, -0.2) is 14.5 Å². The van der Waals surface area contributed by atoms with Gasteiger partial charge in [-0.1, -0.05) is 29.8 Å². The molecule has 1 aliphatic rings. The molecule has 22 heavy (non-hydrogen) atoms. The maximum absolute atomic E-state index is 13.7. The fraction of sp³-hybridized carbons (Fsp3) is 0.188. The lowest BCUT2D eigenvalue weighted by atomic mass is 9.96. The molecule has 0 fully saturated rings. The molecule has 0 radical (unpaired) electrons. The monoisotopic (exact) mass is 380 g/mol. The Morgan fingerprint density at radius 3 is 2.91 bits per heavy atom. The first-order valence-electron chi connectivity index (χ1n) is 6.85. The van der Waals surface area contributed by atoms with Gasteiger partial charge < -0.3 is 9.51 Å². The van der Waals surface area contributed by atoms with E-state index in [1.807, 2.05) is 28.7 Å². The molecule has 2 unspecified atom stereocenters. The minimum absolute atomic E-state index is 0.0638. The molecular formula is C16H11BrClFN2O. The normalized spacial score (nSPS) is 20.5. The number of halogens is 3. The van der Waals surface area contributed by atoms with Crippen LogP contribution in [0.15, 0.2) is 41.0 Å². The molecule has 0 aliphatic heterocycles. The molecular weight excluding hydrogens is 371 g/mol. The number of aliphatic hydroxyl groups excluding tert-OH is 1. The van der Waals surface area contributed by atoms with Crippen LogP contribution in [0.5, 0.6) is 0 Å². The van der Waals surface area contributed by atoms with E-state index in [1.54, 1.807) is 6.20 Å². The van der Waals surface area contributed by atoms with Gasteiger partial charge in [0.05, 0.1) is 22.0 Å². The average Bonchev–Trinajstić information content (AvgIpc) is 2.99. The zero-order chi connectivity index (χ0) is 15.4. The van der Waals surface area contributed by atoms with Crippen LogP contribution in [-0.2, 0) is 0 Å². The molecule has 112 valence electrons. The van der Waals surface area contributed by atoms with E-state index in [2.05, 4.69) is 20.9 Å². The van der Waals surface area contributed by atoms with Crippen LogP contribution in [0.3, 0.4) is 0 Å². The third-order valence-electron chi connectivity index (χ3n) is 4.12. The van der Waals surface area contributed by atoms with Crippen molar-refractivity contribution in [2.75, 3.05) is 0 Å². The Hall–Kier alpha value is -1.43. The van der Waals surface area contributed by atoms with Gasteiger partial charge in [0.15, 0.2) is 0 Å². The van der Waals surface area contributed by atoms with Crippen LogP contribution in [0.4, 0.5) is 4.39 Å². The van der Waals surface area contributed by atoms with Gasteiger partial charge in [0.2, 0.25) is 0 Å². The maximum atomic E-state index is 13.7. The van der Waals surface area contributed by atoms with E-state index in [0.29, 0.717) is 27.3 Å². The van der Waals surface area contributed by atoms with Crippen molar-refractivity contribution in [3.63, 3.8) is 0 Å². The molecule has 2 aromatic heterocycles. The molecule has 4 rings (SSSR count). The molecule has 2 heterocycles. The summed E-state index contributed by atoms with van der Waals surface area (Å²) in [7, 11) is 0. The zero-order valence-corrected chi connectivity index (χ0v) is 13.6. The lowest BCUT2D eigenvalue weighted by molar-refractivity contribution is 0.172. The predicted molar refractivity (Wildman–Crippen MR) is 85.7 cm³/mol. The average molecular weight is 382 g/mol. The Labute approximate surface area is 139 Å². The largest absolute Gasteiger partial charge is 0.387 e. The Balaban J connectivity index is 1.98. The summed E-state index contributed by atoms with van der Waals surface area (Å²) in [5.41, 5.74) is 2.91. The second-order valence-corrected chi connectivity index (χ2v) is 6.67. The number of aliphatic hydroxyl groups is 1. The second kappa shape index (κ2) is 5.05. The molecule has 1 aromatic carbocycles. The molecule has 0 amide bonds. The number of benzene rings is 1. The van der Waals surface area contributed by atoms with Crippen molar-refractivity contribution in [1.29, 1.82) is 0 Å². The smallest absolute Gasteiger partial charge is 0.142 e. The Morgan fingerprint density at radius 2 is 2.14 bits per heavy atom. The van der Waals surface area contributed by atoms with Gasteiger partial charge in [-0.2, -0.15) is 0 Å². The van der Waals surface area contributed by atoms with Gasteiger partial charge in [0.25, 0.3) is 0 Å². The Bertz CT molecular complexity index is 895. The number of pyridine rings is 1. The van der Waals surface area contributed by atoms with Crippen LogP contribution in [0.25, 0.3) is 5.65 Å². The Kier molecular flexibility index (Phi) is 3.25. The number of nitrogens with zero attached hydrogens (tertiary/aromatic N) is 2. The minimum atomic E-state index is -0.669. The molecule has 3 aromatic rings. The van der Waals surface area contributed by atoms with E-state index >= 15 is 0 Å². The number of hydrogen-bond acceptors (Lipinski definition) is 2. The molecule has 6 heteroatoms. The summed E-state index contributed by atoms with van der Waals surface area (Å²) < 4.78 is 15.9. The first kappa shape index (κ1) is 14.2. The van der Waals surface area contributed by atoms with Crippen molar-refractivity contribution >= 4 is 33.2 Å². The highest BCUT2D eigenvalue weighted by molar-refractivity contribution is 9.10. The highest BCUT2D eigenvalue weighted by Crippen LogP contribution is 2.46. The number of aromatic nitrogens is 2. The Morgan fingerprint density at radius 1 is 1.36 bits per heavy atom. The minimum Gasteiger partial charge on any atom is -0.387 e. The van der Waals surface area contributed by atoms with E-state index in [4.69, 9.17) is 11.6 Å². The molecule has 1 aliphatic carbocycles. The standard InChI is InChI=1S/C16H11BrClFN2O/c17-10-7-21-14(6-12(10)19)20-15-13(22)5-9(16(15)21)8-3-1-2-4-11(8)18/h1-4,6-7,9,13,22H,5H2. The van der Waals surface area contributed by atoms with Gasteiger partial charge >= 0.3 is 0 Å². The number of fused-ring (bicyclic) bond motifs is 3. The van der Waals surface area contributed by atoms with Gasteiger partial charge in [-0.25, -0.2) is 9.37 Å². The molecule has 2 atom stereocenters. The first-order chi connectivity index (χ1) is 10.6. The molecule has 3 nitrogen and oxygen atoms in total. The molecule has 0 saturated carbocycles. The third kappa shape index (κ3) is 2.00. The lowest BCUT2D eigenvalue weighted by Crippen LogP contribution is -2.03. The van der Waals surface area contributed by atoms with Crippen molar-refractivity contribution in [2.45, 2.75) is 18.4 Å². The van der Waals surface area contributed by atoms with Gasteiger partial charge in [-0.05, 0) is 34.0 Å². The summed E-state index contributed by atoms with van der Waals surface area (Å²) >= 11 is 9.52.